The average molecular weight is 241 g/mol. The van der Waals surface area contributed by atoms with Gasteiger partial charge in [0.2, 0.25) is 5.78 Å². The Bertz CT molecular complexity index is 539. The standard InChI is InChI=1S/C9H9ClN4O2/c10-7-3-13-9-12-2-5(4-14(7)9)6(11)1-8(15)16/h2-4,6H,1,11H2,(H,15,16). The molecule has 0 aliphatic carbocycles. The van der Waals surface area contributed by atoms with Crippen LogP contribution in [0, 0.1) is 0 Å². The molecule has 0 aliphatic rings. The zero-order valence-electron chi connectivity index (χ0n) is 8.17. The summed E-state index contributed by atoms with van der Waals surface area (Å²) in [6.07, 6.45) is 4.47. The Morgan fingerprint density at radius 3 is 2.94 bits per heavy atom. The third kappa shape index (κ3) is 1.98. The lowest BCUT2D eigenvalue weighted by atomic mass is 10.1. The van der Waals surface area contributed by atoms with E-state index < -0.39 is 12.0 Å². The Balaban J connectivity index is 2.38. The van der Waals surface area contributed by atoms with Gasteiger partial charge in [0.25, 0.3) is 0 Å². The van der Waals surface area contributed by atoms with E-state index in [4.69, 9.17) is 22.4 Å². The molecule has 0 aromatic carbocycles. The largest absolute Gasteiger partial charge is 0.481 e. The molecule has 0 spiro atoms. The molecule has 0 aliphatic heterocycles. The van der Waals surface area contributed by atoms with Crippen LogP contribution < -0.4 is 5.73 Å². The maximum absolute atomic E-state index is 10.5. The summed E-state index contributed by atoms with van der Waals surface area (Å²) < 4.78 is 1.55. The van der Waals surface area contributed by atoms with E-state index in [-0.39, 0.29) is 6.42 Å². The second-order valence-electron chi connectivity index (χ2n) is 3.34. The molecule has 6 nitrogen and oxygen atoms in total. The Morgan fingerprint density at radius 2 is 2.25 bits per heavy atom. The van der Waals surface area contributed by atoms with Gasteiger partial charge in [0.1, 0.15) is 5.15 Å². The Kier molecular flexibility index (Phi) is 2.76. The van der Waals surface area contributed by atoms with Crippen LogP contribution in [0.25, 0.3) is 5.78 Å². The van der Waals surface area contributed by atoms with E-state index in [9.17, 15) is 4.79 Å². The number of imidazole rings is 1. The first-order chi connectivity index (χ1) is 7.58. The molecule has 2 aromatic rings. The maximum atomic E-state index is 10.5. The molecule has 2 aromatic heterocycles. The van der Waals surface area contributed by atoms with E-state index in [1.165, 1.54) is 12.4 Å². The summed E-state index contributed by atoms with van der Waals surface area (Å²) in [5, 5.41) is 9.04. The van der Waals surface area contributed by atoms with Crippen LogP contribution in [-0.4, -0.2) is 25.4 Å². The number of nitrogens with two attached hydrogens (primary N) is 1. The van der Waals surface area contributed by atoms with Crippen molar-refractivity contribution in [3.63, 3.8) is 0 Å². The smallest absolute Gasteiger partial charge is 0.305 e. The molecule has 0 bridgehead atoms. The molecule has 16 heavy (non-hydrogen) atoms. The van der Waals surface area contributed by atoms with Crippen LogP contribution in [0.2, 0.25) is 5.15 Å². The molecule has 1 atom stereocenters. The van der Waals surface area contributed by atoms with Crippen molar-refractivity contribution in [2.45, 2.75) is 12.5 Å². The Hall–Kier alpha value is -1.66. The number of carboxylic acid groups (broad SMARTS) is 1. The summed E-state index contributed by atoms with van der Waals surface area (Å²) in [5.74, 6) is -0.499. The first-order valence-corrected chi connectivity index (χ1v) is 4.91. The van der Waals surface area contributed by atoms with E-state index in [1.807, 2.05) is 0 Å². The van der Waals surface area contributed by atoms with Crippen molar-refractivity contribution < 1.29 is 9.90 Å². The highest BCUT2D eigenvalue weighted by Crippen LogP contribution is 2.16. The number of fused-ring (bicyclic) bond motifs is 1. The summed E-state index contributed by atoms with van der Waals surface area (Å²) in [7, 11) is 0. The molecule has 0 fully saturated rings. The first-order valence-electron chi connectivity index (χ1n) is 4.54. The summed E-state index contributed by atoms with van der Waals surface area (Å²) in [6.45, 7) is 0. The summed E-state index contributed by atoms with van der Waals surface area (Å²) in [4.78, 5) is 18.5. The number of halogens is 1. The van der Waals surface area contributed by atoms with Gasteiger partial charge in [0, 0.05) is 24.0 Å². The lowest BCUT2D eigenvalue weighted by Crippen LogP contribution is -2.15. The second-order valence-corrected chi connectivity index (χ2v) is 3.73. The molecule has 0 amide bonds. The minimum absolute atomic E-state index is 0.153. The lowest BCUT2D eigenvalue weighted by Gasteiger charge is -2.08. The molecule has 3 N–H and O–H groups in total. The van der Waals surface area contributed by atoms with Crippen LogP contribution in [0.1, 0.15) is 18.0 Å². The van der Waals surface area contributed by atoms with E-state index in [1.54, 1.807) is 10.6 Å². The van der Waals surface area contributed by atoms with Crippen LogP contribution in [0.15, 0.2) is 18.6 Å². The zero-order valence-corrected chi connectivity index (χ0v) is 8.92. The molecule has 2 rings (SSSR count). The summed E-state index contributed by atoms with van der Waals surface area (Å²) in [5.41, 5.74) is 6.31. The zero-order chi connectivity index (χ0) is 11.7. The second kappa shape index (κ2) is 4.07. The number of hydrogen-bond donors (Lipinski definition) is 2. The molecule has 0 saturated heterocycles. The van der Waals surface area contributed by atoms with E-state index >= 15 is 0 Å². The fourth-order valence-corrected chi connectivity index (χ4v) is 1.53. The number of carboxylic acids is 1. The maximum Gasteiger partial charge on any atom is 0.305 e. The number of nitrogens with zero attached hydrogens (tertiary/aromatic N) is 3. The summed E-state index contributed by atoms with van der Waals surface area (Å²) >= 11 is 5.86. The van der Waals surface area contributed by atoms with Gasteiger partial charge in [-0.1, -0.05) is 11.6 Å². The summed E-state index contributed by atoms with van der Waals surface area (Å²) in [6, 6.07) is -0.604. The lowest BCUT2D eigenvalue weighted by molar-refractivity contribution is -0.137. The van der Waals surface area contributed by atoms with Crippen molar-refractivity contribution in [2.24, 2.45) is 5.73 Å². The normalized spacial score (nSPS) is 12.9. The van der Waals surface area contributed by atoms with Crippen molar-refractivity contribution in [1.82, 2.24) is 14.4 Å². The molecule has 84 valence electrons. The highest BCUT2D eigenvalue weighted by Gasteiger charge is 2.12. The van der Waals surface area contributed by atoms with Gasteiger partial charge < -0.3 is 10.8 Å². The number of carbonyl (C=O) groups is 1. The monoisotopic (exact) mass is 240 g/mol. The molecular formula is C9H9ClN4O2. The number of aromatic nitrogens is 3. The van der Waals surface area contributed by atoms with Crippen LogP contribution >= 0.6 is 11.6 Å². The number of aliphatic carboxylic acids is 1. The predicted octanol–water partition coefficient (Wildman–Crippen LogP) is 0.857. The highest BCUT2D eigenvalue weighted by atomic mass is 35.5. The van der Waals surface area contributed by atoms with Crippen molar-refractivity contribution in [2.75, 3.05) is 0 Å². The highest BCUT2D eigenvalue weighted by molar-refractivity contribution is 6.29. The third-order valence-corrected chi connectivity index (χ3v) is 2.44. The Labute approximate surface area is 95.7 Å². The first kappa shape index (κ1) is 10.8. The molecular weight excluding hydrogens is 232 g/mol. The van der Waals surface area contributed by atoms with Gasteiger partial charge in [0.05, 0.1) is 12.6 Å². The van der Waals surface area contributed by atoms with Crippen molar-refractivity contribution in [3.8, 4) is 0 Å². The van der Waals surface area contributed by atoms with Crippen molar-refractivity contribution in [1.29, 1.82) is 0 Å². The fourth-order valence-electron chi connectivity index (χ4n) is 1.36. The molecule has 7 heteroatoms. The fraction of sp³-hybridized carbons (Fsp3) is 0.222. The van der Waals surface area contributed by atoms with Gasteiger partial charge in [-0.2, -0.15) is 0 Å². The Morgan fingerprint density at radius 1 is 1.56 bits per heavy atom. The van der Waals surface area contributed by atoms with Crippen molar-refractivity contribution >= 4 is 23.3 Å². The SMILES string of the molecule is NC(CC(=O)O)c1cnc2ncc(Cl)n2c1. The van der Waals surface area contributed by atoms with E-state index in [0.29, 0.717) is 16.5 Å². The van der Waals surface area contributed by atoms with Gasteiger partial charge in [-0.15, -0.1) is 0 Å². The van der Waals surface area contributed by atoms with Gasteiger partial charge >= 0.3 is 5.97 Å². The molecule has 0 saturated carbocycles. The average Bonchev–Trinajstić information content (AvgIpc) is 2.59. The van der Waals surface area contributed by atoms with Gasteiger partial charge in [-0.05, 0) is 0 Å². The van der Waals surface area contributed by atoms with E-state index in [2.05, 4.69) is 9.97 Å². The van der Waals surface area contributed by atoms with Crippen molar-refractivity contribution in [3.05, 3.63) is 29.3 Å². The molecule has 1 unspecified atom stereocenters. The minimum atomic E-state index is -0.954. The van der Waals surface area contributed by atoms with Crippen LogP contribution in [0.4, 0.5) is 0 Å². The van der Waals surface area contributed by atoms with Gasteiger partial charge in [-0.3, -0.25) is 9.20 Å². The minimum Gasteiger partial charge on any atom is -0.481 e. The number of hydrogen-bond acceptors (Lipinski definition) is 4. The topological polar surface area (TPSA) is 93.5 Å². The molecule has 0 radical (unpaired) electrons. The quantitative estimate of drug-likeness (QED) is 0.830. The van der Waals surface area contributed by atoms with Crippen LogP contribution in [0.3, 0.4) is 0 Å². The molecule has 2 heterocycles. The van der Waals surface area contributed by atoms with Gasteiger partial charge in [-0.25, -0.2) is 9.97 Å². The van der Waals surface area contributed by atoms with Crippen LogP contribution in [0.5, 0.6) is 0 Å². The predicted molar refractivity (Wildman–Crippen MR) is 57.2 cm³/mol. The third-order valence-electron chi connectivity index (χ3n) is 2.16. The number of rotatable bonds is 3. The van der Waals surface area contributed by atoms with Gasteiger partial charge in [0.15, 0.2) is 0 Å². The van der Waals surface area contributed by atoms with Crippen LogP contribution in [-0.2, 0) is 4.79 Å². The van der Waals surface area contributed by atoms with E-state index in [0.717, 1.165) is 0 Å².